The highest BCUT2D eigenvalue weighted by molar-refractivity contribution is 6.36. The van der Waals surface area contributed by atoms with Crippen LogP contribution in [0.15, 0.2) is 30.3 Å². The van der Waals surface area contributed by atoms with Crippen LogP contribution >= 0.6 is 23.2 Å². The van der Waals surface area contributed by atoms with Crippen LogP contribution in [0, 0.1) is 0 Å². The van der Waals surface area contributed by atoms with E-state index < -0.39 is 0 Å². The van der Waals surface area contributed by atoms with Crippen LogP contribution in [-0.4, -0.2) is 12.1 Å². The average Bonchev–Trinajstić information content (AvgIpc) is 2.30. The second-order valence-corrected chi connectivity index (χ2v) is 4.26. The van der Waals surface area contributed by atoms with Crippen LogP contribution in [0.3, 0.4) is 0 Å². The molecular weight excluding hydrogens is 259 g/mol. The molecule has 0 unspecified atom stereocenters. The summed E-state index contributed by atoms with van der Waals surface area (Å²) in [5.41, 5.74) is 7.66. The molecule has 88 valence electrons. The molecule has 2 rings (SSSR count). The highest BCUT2D eigenvalue weighted by Gasteiger charge is 2.08. The zero-order valence-electron chi connectivity index (χ0n) is 9.08. The quantitative estimate of drug-likeness (QED) is 0.905. The number of nitrogens with zero attached hydrogens (tertiary/aromatic N) is 1. The molecule has 1 heterocycles. The summed E-state index contributed by atoms with van der Waals surface area (Å²) in [6.07, 6.45) is 0. The highest BCUT2D eigenvalue weighted by Crippen LogP contribution is 2.31. The van der Waals surface area contributed by atoms with Crippen molar-refractivity contribution in [2.75, 3.05) is 12.8 Å². The first-order valence-electron chi connectivity index (χ1n) is 4.87. The van der Waals surface area contributed by atoms with Crippen LogP contribution in [0.2, 0.25) is 10.0 Å². The number of hydrogen-bond acceptors (Lipinski definition) is 3. The number of methoxy groups -OCH3 is 1. The Morgan fingerprint density at radius 2 is 1.94 bits per heavy atom. The van der Waals surface area contributed by atoms with Crippen LogP contribution in [0.4, 0.5) is 5.69 Å². The summed E-state index contributed by atoms with van der Waals surface area (Å²) in [6.45, 7) is 0. The molecule has 0 aliphatic carbocycles. The number of rotatable bonds is 2. The number of anilines is 1. The predicted octanol–water partition coefficient (Wildman–Crippen LogP) is 3.65. The lowest BCUT2D eigenvalue weighted by Gasteiger charge is -2.08. The average molecular weight is 269 g/mol. The van der Waals surface area contributed by atoms with Crippen molar-refractivity contribution in [3.63, 3.8) is 0 Å². The molecule has 0 fully saturated rings. The van der Waals surface area contributed by atoms with Gasteiger partial charge in [0.25, 0.3) is 0 Å². The molecule has 3 nitrogen and oxygen atoms in total. The van der Waals surface area contributed by atoms with Crippen molar-refractivity contribution >= 4 is 28.9 Å². The van der Waals surface area contributed by atoms with E-state index in [0.717, 1.165) is 5.56 Å². The van der Waals surface area contributed by atoms with E-state index in [2.05, 4.69) is 4.98 Å². The smallest absolute Gasteiger partial charge is 0.237 e. The molecule has 0 spiro atoms. The molecule has 1 aromatic heterocycles. The van der Waals surface area contributed by atoms with Crippen LogP contribution in [0.1, 0.15) is 0 Å². The number of benzene rings is 1. The second kappa shape index (κ2) is 4.82. The van der Waals surface area contributed by atoms with Gasteiger partial charge in [-0.25, -0.2) is 4.98 Å². The van der Waals surface area contributed by atoms with Gasteiger partial charge >= 0.3 is 0 Å². The molecule has 0 saturated heterocycles. The summed E-state index contributed by atoms with van der Waals surface area (Å²) in [4.78, 5) is 4.28. The van der Waals surface area contributed by atoms with E-state index in [1.54, 1.807) is 24.3 Å². The molecule has 0 saturated carbocycles. The zero-order valence-corrected chi connectivity index (χ0v) is 10.6. The summed E-state index contributed by atoms with van der Waals surface area (Å²) < 4.78 is 5.07. The molecule has 0 bridgehead atoms. The summed E-state index contributed by atoms with van der Waals surface area (Å²) >= 11 is 11.9. The zero-order chi connectivity index (χ0) is 12.4. The van der Waals surface area contributed by atoms with Crippen molar-refractivity contribution in [2.45, 2.75) is 0 Å². The lowest BCUT2D eigenvalue weighted by molar-refractivity contribution is 0.401. The fourth-order valence-electron chi connectivity index (χ4n) is 1.46. The Balaban J connectivity index is 2.53. The van der Waals surface area contributed by atoms with Crippen LogP contribution < -0.4 is 10.5 Å². The van der Waals surface area contributed by atoms with E-state index >= 15 is 0 Å². The Hall–Kier alpha value is -1.45. The van der Waals surface area contributed by atoms with Gasteiger partial charge in [-0.05, 0) is 30.3 Å². The third-order valence-electron chi connectivity index (χ3n) is 2.29. The SMILES string of the molecule is COc1nc(-c2ccc(Cl)cc2Cl)ccc1N. The number of hydrogen-bond donors (Lipinski definition) is 1. The van der Waals surface area contributed by atoms with Crippen molar-refractivity contribution in [2.24, 2.45) is 0 Å². The van der Waals surface area contributed by atoms with Crippen molar-refractivity contribution in [3.05, 3.63) is 40.4 Å². The normalized spacial score (nSPS) is 10.3. The molecule has 17 heavy (non-hydrogen) atoms. The molecule has 2 aromatic rings. The fourth-order valence-corrected chi connectivity index (χ4v) is 1.97. The van der Waals surface area contributed by atoms with Crippen molar-refractivity contribution in [1.82, 2.24) is 4.98 Å². The summed E-state index contributed by atoms with van der Waals surface area (Å²) in [7, 11) is 1.52. The Morgan fingerprint density at radius 3 is 2.59 bits per heavy atom. The lowest BCUT2D eigenvalue weighted by atomic mass is 10.1. The Kier molecular flexibility index (Phi) is 3.41. The molecule has 2 N–H and O–H groups in total. The largest absolute Gasteiger partial charge is 0.480 e. The summed E-state index contributed by atoms with van der Waals surface area (Å²) in [5.74, 6) is 0.383. The van der Waals surface area contributed by atoms with Crippen LogP contribution in [0.5, 0.6) is 5.88 Å². The third-order valence-corrected chi connectivity index (χ3v) is 2.84. The lowest BCUT2D eigenvalue weighted by Crippen LogP contribution is -1.96. The highest BCUT2D eigenvalue weighted by atomic mass is 35.5. The van der Waals surface area contributed by atoms with Crippen molar-refractivity contribution in [1.29, 1.82) is 0 Å². The number of nitrogens with two attached hydrogens (primary N) is 1. The van der Waals surface area contributed by atoms with Gasteiger partial charge in [0.15, 0.2) is 0 Å². The van der Waals surface area contributed by atoms with Crippen LogP contribution in [0.25, 0.3) is 11.3 Å². The Labute approximate surface area is 109 Å². The molecule has 1 aromatic carbocycles. The maximum Gasteiger partial charge on any atom is 0.237 e. The molecular formula is C12H10Cl2N2O. The van der Waals surface area contributed by atoms with Gasteiger partial charge in [0, 0.05) is 10.6 Å². The van der Waals surface area contributed by atoms with E-state index in [4.69, 9.17) is 33.7 Å². The first-order chi connectivity index (χ1) is 8.11. The standard InChI is InChI=1S/C12H10Cl2N2O/c1-17-12-10(15)4-5-11(16-12)8-3-2-7(13)6-9(8)14/h2-6H,15H2,1H3. The Morgan fingerprint density at radius 1 is 1.18 bits per heavy atom. The van der Waals surface area contributed by atoms with Gasteiger partial charge in [0.05, 0.1) is 23.5 Å². The number of nitrogen functional groups attached to an aromatic ring is 1. The minimum atomic E-state index is 0.383. The molecule has 5 heteroatoms. The first-order valence-corrected chi connectivity index (χ1v) is 5.63. The number of pyridine rings is 1. The van der Waals surface area contributed by atoms with Gasteiger partial charge < -0.3 is 10.5 Å². The van der Waals surface area contributed by atoms with E-state index in [1.165, 1.54) is 7.11 Å². The Bertz CT molecular complexity index is 558. The van der Waals surface area contributed by atoms with E-state index in [0.29, 0.717) is 27.3 Å². The van der Waals surface area contributed by atoms with Crippen molar-refractivity contribution < 1.29 is 4.74 Å². The summed E-state index contributed by atoms with van der Waals surface area (Å²) in [6, 6.07) is 8.75. The fraction of sp³-hybridized carbons (Fsp3) is 0.0833. The van der Waals surface area contributed by atoms with E-state index in [-0.39, 0.29) is 0 Å². The molecule has 0 atom stereocenters. The van der Waals surface area contributed by atoms with Gasteiger partial charge in [-0.15, -0.1) is 0 Å². The van der Waals surface area contributed by atoms with Gasteiger partial charge in [-0.1, -0.05) is 23.2 Å². The van der Waals surface area contributed by atoms with Gasteiger partial charge in [-0.3, -0.25) is 0 Å². The topological polar surface area (TPSA) is 48.1 Å². The third kappa shape index (κ3) is 2.46. The van der Waals surface area contributed by atoms with E-state index in [9.17, 15) is 0 Å². The minimum absolute atomic E-state index is 0.383. The monoisotopic (exact) mass is 268 g/mol. The molecule has 0 amide bonds. The van der Waals surface area contributed by atoms with Gasteiger partial charge in [0.2, 0.25) is 5.88 Å². The molecule has 0 aliphatic rings. The van der Waals surface area contributed by atoms with E-state index in [1.807, 2.05) is 6.07 Å². The number of halogens is 2. The number of aromatic nitrogens is 1. The summed E-state index contributed by atoms with van der Waals surface area (Å²) in [5, 5.41) is 1.12. The number of ether oxygens (including phenoxy) is 1. The van der Waals surface area contributed by atoms with Crippen molar-refractivity contribution in [3.8, 4) is 17.1 Å². The van der Waals surface area contributed by atoms with Gasteiger partial charge in [-0.2, -0.15) is 0 Å². The maximum absolute atomic E-state index is 6.10. The maximum atomic E-state index is 6.10. The molecule has 0 aliphatic heterocycles. The predicted molar refractivity (Wildman–Crippen MR) is 70.7 cm³/mol. The van der Waals surface area contributed by atoms with Crippen LogP contribution in [-0.2, 0) is 0 Å². The van der Waals surface area contributed by atoms with Gasteiger partial charge in [0.1, 0.15) is 0 Å². The molecule has 0 radical (unpaired) electrons. The second-order valence-electron chi connectivity index (χ2n) is 3.42. The first kappa shape index (κ1) is 12.0. The minimum Gasteiger partial charge on any atom is -0.480 e.